The topological polar surface area (TPSA) is 71.8 Å². The molecule has 1 aliphatic rings. The molecule has 0 radical (unpaired) electrons. The lowest BCUT2D eigenvalue weighted by Gasteiger charge is -2.26. The quantitative estimate of drug-likeness (QED) is 0.147. The average Bonchev–Trinajstić information content (AvgIpc) is 3.47. The highest BCUT2D eigenvalue weighted by Crippen LogP contribution is 2.34. The number of ether oxygens (including phenoxy) is 1. The van der Waals surface area contributed by atoms with Gasteiger partial charge in [0.15, 0.2) is 5.76 Å². The summed E-state index contributed by atoms with van der Waals surface area (Å²) >= 11 is 24.7. The van der Waals surface area contributed by atoms with Crippen LogP contribution in [-0.2, 0) is 11.2 Å². The SMILES string of the molecule is O=C(NC(Oc1ccc(C=C2SC(=S)N(CCc3ccccc3)C2=O)cc1)C(Cl)(Cl)Cl)c1ccco1. The summed E-state index contributed by atoms with van der Waals surface area (Å²) in [5.41, 5.74) is 1.90. The van der Waals surface area contributed by atoms with Crippen LogP contribution in [0.2, 0.25) is 0 Å². The number of thioether (sulfide) groups is 1. The molecule has 1 unspecified atom stereocenters. The molecule has 36 heavy (non-hydrogen) atoms. The fourth-order valence-electron chi connectivity index (χ4n) is 3.28. The van der Waals surface area contributed by atoms with Crippen LogP contribution in [0.25, 0.3) is 6.08 Å². The average molecular weight is 582 g/mol. The molecular weight excluding hydrogens is 563 g/mol. The highest BCUT2D eigenvalue weighted by molar-refractivity contribution is 8.26. The summed E-state index contributed by atoms with van der Waals surface area (Å²) in [6.45, 7) is 0.515. The number of hydrogen-bond donors (Lipinski definition) is 1. The maximum absolute atomic E-state index is 12.9. The minimum Gasteiger partial charge on any atom is -0.466 e. The van der Waals surface area contributed by atoms with Crippen molar-refractivity contribution in [3.63, 3.8) is 0 Å². The van der Waals surface area contributed by atoms with Gasteiger partial charge in [0, 0.05) is 6.54 Å². The van der Waals surface area contributed by atoms with Crippen molar-refractivity contribution in [2.75, 3.05) is 6.54 Å². The highest BCUT2D eigenvalue weighted by atomic mass is 35.6. The summed E-state index contributed by atoms with van der Waals surface area (Å²) < 4.78 is 9.34. The van der Waals surface area contributed by atoms with Gasteiger partial charge < -0.3 is 14.5 Å². The largest absolute Gasteiger partial charge is 0.466 e. The Morgan fingerprint density at radius 2 is 1.83 bits per heavy atom. The molecule has 0 bridgehead atoms. The van der Waals surface area contributed by atoms with Gasteiger partial charge in [-0.05, 0) is 47.9 Å². The van der Waals surface area contributed by atoms with E-state index >= 15 is 0 Å². The van der Waals surface area contributed by atoms with Gasteiger partial charge in [0.25, 0.3) is 11.8 Å². The summed E-state index contributed by atoms with van der Waals surface area (Å²) in [4.78, 5) is 27.3. The van der Waals surface area contributed by atoms with E-state index in [9.17, 15) is 9.59 Å². The van der Waals surface area contributed by atoms with E-state index in [1.807, 2.05) is 30.3 Å². The number of benzene rings is 2. The molecule has 4 rings (SSSR count). The third kappa shape index (κ3) is 6.83. The van der Waals surface area contributed by atoms with Crippen LogP contribution in [-0.4, -0.2) is 37.6 Å². The third-order valence-electron chi connectivity index (χ3n) is 5.08. The molecule has 11 heteroatoms. The maximum atomic E-state index is 12.9. The second kappa shape index (κ2) is 11.7. The molecule has 0 spiro atoms. The van der Waals surface area contributed by atoms with Gasteiger partial charge in [-0.2, -0.15) is 0 Å². The normalized spacial score (nSPS) is 15.9. The lowest BCUT2D eigenvalue weighted by Crippen LogP contribution is -2.47. The smallest absolute Gasteiger partial charge is 0.289 e. The number of halogens is 3. The van der Waals surface area contributed by atoms with Crippen LogP contribution in [0.5, 0.6) is 5.75 Å². The second-order valence-electron chi connectivity index (χ2n) is 7.63. The molecule has 2 aromatic carbocycles. The molecule has 0 saturated carbocycles. The first-order valence-corrected chi connectivity index (χ1v) is 13.0. The number of thiocarbonyl (C=S) groups is 1. The fourth-order valence-corrected chi connectivity index (χ4v) is 4.89. The number of nitrogens with one attached hydrogen (secondary N) is 1. The molecule has 2 amide bonds. The zero-order valence-corrected chi connectivity index (χ0v) is 22.4. The molecule has 2 heterocycles. The molecule has 3 aromatic rings. The lowest BCUT2D eigenvalue weighted by atomic mass is 10.1. The Kier molecular flexibility index (Phi) is 8.64. The molecule has 1 saturated heterocycles. The molecule has 186 valence electrons. The van der Waals surface area contributed by atoms with Gasteiger partial charge in [0.1, 0.15) is 10.1 Å². The molecular formula is C25H19Cl3N2O4S2. The Balaban J connectivity index is 1.40. The van der Waals surface area contributed by atoms with Crippen LogP contribution in [0.1, 0.15) is 21.7 Å². The van der Waals surface area contributed by atoms with E-state index in [4.69, 9.17) is 56.2 Å². The van der Waals surface area contributed by atoms with Crippen LogP contribution < -0.4 is 10.1 Å². The molecule has 1 aliphatic heterocycles. The first kappa shape index (κ1) is 26.6. The van der Waals surface area contributed by atoms with E-state index in [0.717, 1.165) is 11.1 Å². The summed E-state index contributed by atoms with van der Waals surface area (Å²) in [5, 5.41) is 2.49. The number of hydrogen-bond acceptors (Lipinski definition) is 6. The predicted octanol–water partition coefficient (Wildman–Crippen LogP) is 6.23. The number of amides is 2. The molecule has 1 N–H and O–H groups in total. The minimum atomic E-state index is -1.95. The van der Waals surface area contributed by atoms with E-state index in [2.05, 4.69) is 5.32 Å². The summed E-state index contributed by atoms with van der Waals surface area (Å²) in [5.74, 6) is -0.326. The van der Waals surface area contributed by atoms with Crippen LogP contribution in [0.3, 0.4) is 0 Å². The number of alkyl halides is 3. The Morgan fingerprint density at radius 1 is 1.11 bits per heavy atom. The number of furan rings is 1. The summed E-state index contributed by atoms with van der Waals surface area (Å²) in [6, 6.07) is 19.8. The van der Waals surface area contributed by atoms with Crippen molar-refractivity contribution < 1.29 is 18.7 Å². The van der Waals surface area contributed by atoms with Crippen LogP contribution in [0.15, 0.2) is 82.3 Å². The second-order valence-corrected chi connectivity index (χ2v) is 11.7. The highest BCUT2D eigenvalue weighted by Gasteiger charge is 2.37. The number of carbonyl (C=O) groups is 2. The maximum Gasteiger partial charge on any atom is 0.289 e. The van der Waals surface area contributed by atoms with E-state index in [1.165, 1.54) is 24.1 Å². The van der Waals surface area contributed by atoms with E-state index in [-0.39, 0.29) is 11.7 Å². The Bertz CT molecular complexity index is 1260. The van der Waals surface area contributed by atoms with Gasteiger partial charge in [0.2, 0.25) is 10.0 Å². The van der Waals surface area contributed by atoms with E-state index < -0.39 is 15.9 Å². The Morgan fingerprint density at radius 3 is 2.47 bits per heavy atom. The number of carbonyl (C=O) groups excluding carboxylic acids is 2. The van der Waals surface area contributed by atoms with Gasteiger partial charge in [-0.3, -0.25) is 14.5 Å². The molecule has 1 aromatic heterocycles. The Hall–Kier alpha value is -2.49. The predicted molar refractivity (Wildman–Crippen MR) is 147 cm³/mol. The summed E-state index contributed by atoms with van der Waals surface area (Å²) in [6.07, 6.45) is 2.55. The van der Waals surface area contributed by atoms with Crippen molar-refractivity contribution in [2.45, 2.75) is 16.4 Å². The zero-order valence-electron chi connectivity index (χ0n) is 18.5. The molecule has 1 fully saturated rings. The van der Waals surface area contributed by atoms with Gasteiger partial charge in [0.05, 0.1) is 11.2 Å². The van der Waals surface area contributed by atoms with Crippen molar-refractivity contribution in [3.05, 3.63) is 94.8 Å². The van der Waals surface area contributed by atoms with Crippen LogP contribution >= 0.6 is 58.8 Å². The van der Waals surface area contributed by atoms with Gasteiger partial charge in [-0.15, -0.1) is 0 Å². The van der Waals surface area contributed by atoms with Crippen LogP contribution in [0.4, 0.5) is 0 Å². The number of nitrogens with zero attached hydrogens (tertiary/aromatic N) is 1. The minimum absolute atomic E-state index is 0.0503. The number of rotatable bonds is 8. The van der Waals surface area contributed by atoms with Crippen molar-refractivity contribution in [1.29, 1.82) is 0 Å². The van der Waals surface area contributed by atoms with E-state index in [1.54, 1.807) is 41.3 Å². The fraction of sp³-hybridized carbons (Fsp3) is 0.160. The monoisotopic (exact) mass is 580 g/mol. The first-order valence-electron chi connectivity index (χ1n) is 10.7. The molecule has 0 aliphatic carbocycles. The van der Waals surface area contributed by atoms with Crippen molar-refractivity contribution in [1.82, 2.24) is 10.2 Å². The van der Waals surface area contributed by atoms with Crippen molar-refractivity contribution in [2.24, 2.45) is 0 Å². The van der Waals surface area contributed by atoms with Gasteiger partial charge in [-0.25, -0.2) is 0 Å². The standard InChI is InChI=1S/C25H19Cl3N2O4S2/c26-25(27,28)23(29-21(31)19-7-4-14-33-19)34-18-10-8-17(9-11-18)15-20-22(32)30(24(35)36-20)13-12-16-5-2-1-3-6-16/h1-11,14-15,23H,12-13H2,(H,29,31). The lowest BCUT2D eigenvalue weighted by molar-refractivity contribution is -0.122. The van der Waals surface area contributed by atoms with Crippen LogP contribution in [0, 0.1) is 0 Å². The Labute approximate surface area is 232 Å². The van der Waals surface area contributed by atoms with Gasteiger partial charge in [-0.1, -0.05) is 101 Å². The third-order valence-corrected chi connectivity index (χ3v) is 7.05. The van der Waals surface area contributed by atoms with Gasteiger partial charge >= 0.3 is 0 Å². The molecule has 6 nitrogen and oxygen atoms in total. The van der Waals surface area contributed by atoms with Crippen molar-refractivity contribution in [3.8, 4) is 5.75 Å². The van der Waals surface area contributed by atoms with E-state index in [0.29, 0.717) is 27.9 Å². The first-order chi connectivity index (χ1) is 17.2. The van der Waals surface area contributed by atoms with Crippen molar-refractivity contribution >= 4 is 81.0 Å². The molecule has 1 atom stereocenters. The summed E-state index contributed by atoms with van der Waals surface area (Å²) in [7, 11) is 0. The zero-order chi connectivity index (χ0) is 25.7.